The Hall–Kier alpha value is -0.790. The summed E-state index contributed by atoms with van der Waals surface area (Å²) in [6.07, 6.45) is 4.59. The fourth-order valence-electron chi connectivity index (χ4n) is 0.920. The monoisotopic (exact) mass is 121 g/mol. The third-order valence-electron chi connectivity index (χ3n) is 1.58. The van der Waals surface area contributed by atoms with Gasteiger partial charge in [0, 0.05) is 6.20 Å². The molecule has 1 saturated carbocycles. The Labute approximate surface area is 54.5 Å². The highest BCUT2D eigenvalue weighted by molar-refractivity contribution is 5.03. The Kier molecular flexibility index (Phi) is 0.891. The molecule has 0 N–H and O–H groups in total. The van der Waals surface area contributed by atoms with Crippen LogP contribution in [0, 0.1) is 6.92 Å². The largest absolute Gasteiger partial charge is 0.269 e. The van der Waals surface area contributed by atoms with E-state index in [0.29, 0.717) is 6.04 Å². The molecule has 47 valence electrons. The second-order valence-electron chi connectivity index (χ2n) is 2.52. The molecule has 9 heavy (non-hydrogen) atoms. The molecule has 1 fully saturated rings. The molecule has 0 atom stereocenters. The Balaban J connectivity index is 2.28. The van der Waals surface area contributed by atoms with Crippen LogP contribution in [0.3, 0.4) is 0 Å². The molecule has 1 aromatic rings. The summed E-state index contributed by atoms with van der Waals surface area (Å²) < 4.78 is 2.00. The van der Waals surface area contributed by atoms with Crippen LogP contribution in [0.15, 0.2) is 12.3 Å². The van der Waals surface area contributed by atoms with Gasteiger partial charge in [0.2, 0.25) is 0 Å². The number of aromatic nitrogens is 2. The maximum atomic E-state index is 4.18. The highest BCUT2D eigenvalue weighted by Gasteiger charge is 2.23. The fraction of sp³-hybridized carbons (Fsp3) is 0.429. The zero-order valence-electron chi connectivity index (χ0n) is 5.25. The minimum atomic E-state index is 0.695. The zero-order valence-corrected chi connectivity index (χ0v) is 5.25. The smallest absolute Gasteiger partial charge is 0.0628 e. The van der Waals surface area contributed by atoms with Gasteiger partial charge in [-0.2, -0.15) is 5.10 Å². The quantitative estimate of drug-likeness (QED) is 0.549. The molecular formula is C7H9N2. The maximum absolute atomic E-state index is 4.18. The molecule has 0 unspecified atom stereocenters. The summed E-state index contributed by atoms with van der Waals surface area (Å²) in [5.41, 5.74) is 0.877. The van der Waals surface area contributed by atoms with Crippen molar-refractivity contribution < 1.29 is 0 Å². The van der Waals surface area contributed by atoms with Crippen LogP contribution in [0.4, 0.5) is 0 Å². The van der Waals surface area contributed by atoms with Crippen molar-refractivity contribution in [3.8, 4) is 0 Å². The molecule has 1 heterocycles. The second kappa shape index (κ2) is 1.59. The van der Waals surface area contributed by atoms with E-state index in [9.17, 15) is 0 Å². The molecule has 2 heteroatoms. The third-order valence-corrected chi connectivity index (χ3v) is 1.58. The molecule has 2 nitrogen and oxygen atoms in total. The Morgan fingerprint density at radius 1 is 1.67 bits per heavy atom. The van der Waals surface area contributed by atoms with Crippen molar-refractivity contribution in [1.29, 1.82) is 0 Å². The van der Waals surface area contributed by atoms with Gasteiger partial charge < -0.3 is 0 Å². The summed E-state index contributed by atoms with van der Waals surface area (Å²) in [6, 6.07) is 2.64. The lowest BCUT2D eigenvalue weighted by molar-refractivity contribution is 0.638. The third kappa shape index (κ3) is 0.846. The van der Waals surface area contributed by atoms with Crippen LogP contribution in [-0.4, -0.2) is 9.78 Å². The summed E-state index contributed by atoms with van der Waals surface area (Å²) in [6.45, 7) is 3.72. The Morgan fingerprint density at radius 2 is 2.44 bits per heavy atom. The van der Waals surface area contributed by atoms with Gasteiger partial charge >= 0.3 is 0 Å². The molecule has 1 aliphatic rings. The van der Waals surface area contributed by atoms with E-state index in [1.54, 1.807) is 0 Å². The summed E-state index contributed by atoms with van der Waals surface area (Å²) in [7, 11) is 0. The van der Waals surface area contributed by atoms with Gasteiger partial charge in [-0.05, 0) is 25.8 Å². The van der Waals surface area contributed by atoms with Crippen LogP contribution < -0.4 is 0 Å². The van der Waals surface area contributed by atoms with Crippen LogP contribution in [0.1, 0.15) is 24.6 Å². The van der Waals surface area contributed by atoms with Gasteiger partial charge in [0.05, 0.1) is 11.7 Å². The first-order valence-corrected chi connectivity index (χ1v) is 3.23. The van der Waals surface area contributed by atoms with Crippen molar-refractivity contribution in [3.63, 3.8) is 0 Å². The number of nitrogens with zero attached hydrogens (tertiary/aromatic N) is 2. The van der Waals surface area contributed by atoms with Crippen LogP contribution in [0.5, 0.6) is 0 Å². The van der Waals surface area contributed by atoms with Crippen molar-refractivity contribution in [1.82, 2.24) is 9.78 Å². The Bertz CT molecular complexity index is 210. The molecule has 0 spiro atoms. The van der Waals surface area contributed by atoms with Gasteiger partial charge in [-0.3, -0.25) is 4.68 Å². The van der Waals surface area contributed by atoms with Gasteiger partial charge in [0.1, 0.15) is 0 Å². The van der Waals surface area contributed by atoms with Crippen molar-refractivity contribution in [3.05, 3.63) is 24.9 Å². The van der Waals surface area contributed by atoms with E-state index < -0.39 is 0 Å². The van der Waals surface area contributed by atoms with Gasteiger partial charge in [0.25, 0.3) is 0 Å². The topological polar surface area (TPSA) is 17.8 Å². The average molecular weight is 121 g/mol. The van der Waals surface area contributed by atoms with E-state index in [1.165, 1.54) is 12.8 Å². The average Bonchev–Trinajstić information content (AvgIpc) is 2.58. The minimum Gasteiger partial charge on any atom is -0.269 e. The molecule has 1 aromatic heterocycles. The van der Waals surface area contributed by atoms with Crippen molar-refractivity contribution >= 4 is 0 Å². The second-order valence-corrected chi connectivity index (χ2v) is 2.52. The van der Waals surface area contributed by atoms with Gasteiger partial charge in [-0.1, -0.05) is 0 Å². The molecule has 1 aliphatic carbocycles. The van der Waals surface area contributed by atoms with E-state index in [4.69, 9.17) is 0 Å². The first kappa shape index (κ1) is 5.03. The van der Waals surface area contributed by atoms with Crippen LogP contribution in [0.25, 0.3) is 0 Å². The van der Waals surface area contributed by atoms with E-state index in [0.717, 1.165) is 5.69 Å². The summed E-state index contributed by atoms with van der Waals surface area (Å²) in [5, 5.41) is 4.18. The summed E-state index contributed by atoms with van der Waals surface area (Å²) >= 11 is 0. The fourth-order valence-corrected chi connectivity index (χ4v) is 0.920. The lowest BCUT2D eigenvalue weighted by Gasteiger charge is -1.92. The number of hydrogen-bond donors (Lipinski definition) is 0. The van der Waals surface area contributed by atoms with Gasteiger partial charge in [-0.25, -0.2) is 0 Å². The van der Waals surface area contributed by atoms with E-state index in [1.807, 2.05) is 16.9 Å². The van der Waals surface area contributed by atoms with E-state index in [2.05, 4.69) is 12.0 Å². The van der Waals surface area contributed by atoms with Gasteiger partial charge in [0.15, 0.2) is 0 Å². The molecule has 1 radical (unpaired) electrons. The molecule has 2 rings (SSSR count). The summed E-state index contributed by atoms with van der Waals surface area (Å²) in [5.74, 6) is 0. The predicted octanol–water partition coefficient (Wildman–Crippen LogP) is 1.40. The zero-order chi connectivity index (χ0) is 6.27. The SMILES string of the molecule is [CH2]c1ccn(C2CC2)n1. The van der Waals surface area contributed by atoms with E-state index in [-0.39, 0.29) is 0 Å². The Morgan fingerprint density at radius 3 is 2.89 bits per heavy atom. The molecule has 0 aromatic carbocycles. The predicted molar refractivity (Wildman–Crippen MR) is 35.0 cm³/mol. The van der Waals surface area contributed by atoms with Crippen molar-refractivity contribution in [2.24, 2.45) is 0 Å². The van der Waals surface area contributed by atoms with Crippen LogP contribution in [-0.2, 0) is 0 Å². The van der Waals surface area contributed by atoms with Crippen molar-refractivity contribution in [2.75, 3.05) is 0 Å². The first-order chi connectivity index (χ1) is 4.36. The summed E-state index contributed by atoms with van der Waals surface area (Å²) in [4.78, 5) is 0. The lowest BCUT2D eigenvalue weighted by Crippen LogP contribution is -1.93. The highest BCUT2D eigenvalue weighted by atomic mass is 15.3. The van der Waals surface area contributed by atoms with E-state index >= 15 is 0 Å². The lowest BCUT2D eigenvalue weighted by atomic mass is 10.5. The highest BCUT2D eigenvalue weighted by Crippen LogP contribution is 2.33. The molecule has 0 amide bonds. The minimum absolute atomic E-state index is 0.695. The van der Waals surface area contributed by atoms with Gasteiger partial charge in [-0.15, -0.1) is 0 Å². The first-order valence-electron chi connectivity index (χ1n) is 3.23. The maximum Gasteiger partial charge on any atom is 0.0628 e. The molecule has 0 bridgehead atoms. The van der Waals surface area contributed by atoms with Crippen LogP contribution >= 0.6 is 0 Å². The number of rotatable bonds is 1. The molecular weight excluding hydrogens is 112 g/mol. The van der Waals surface area contributed by atoms with Crippen molar-refractivity contribution in [2.45, 2.75) is 18.9 Å². The molecule has 0 saturated heterocycles. The normalized spacial score (nSPS) is 18.3. The van der Waals surface area contributed by atoms with Crippen LogP contribution in [0.2, 0.25) is 0 Å². The number of hydrogen-bond acceptors (Lipinski definition) is 1. The molecule has 0 aliphatic heterocycles. The standard InChI is InChI=1S/C7H9N2/c1-6-4-5-9(8-6)7-2-3-7/h4-5,7H,1-3H2.